The molecule has 6 heteroatoms. The minimum atomic E-state index is -0.0628. The van der Waals surface area contributed by atoms with E-state index in [0.717, 1.165) is 16.1 Å². The zero-order valence-corrected chi connectivity index (χ0v) is 14.1. The SMILES string of the molecule is CC(=O)Nc1ccsc1CNC(C)c1ccc(Cl)c(Cl)c1. The minimum Gasteiger partial charge on any atom is -0.325 e. The highest BCUT2D eigenvalue weighted by atomic mass is 35.5. The molecule has 2 N–H and O–H groups in total. The summed E-state index contributed by atoms with van der Waals surface area (Å²) in [6, 6.07) is 7.66. The summed E-state index contributed by atoms with van der Waals surface area (Å²) in [7, 11) is 0. The van der Waals surface area contributed by atoms with E-state index in [1.807, 2.05) is 23.6 Å². The molecule has 2 rings (SSSR count). The van der Waals surface area contributed by atoms with E-state index < -0.39 is 0 Å². The van der Waals surface area contributed by atoms with Crippen molar-refractivity contribution in [2.24, 2.45) is 0 Å². The second-order valence-corrected chi connectivity index (χ2v) is 6.53. The number of rotatable bonds is 5. The van der Waals surface area contributed by atoms with Crippen LogP contribution in [0.1, 0.15) is 30.3 Å². The molecule has 1 unspecified atom stereocenters. The minimum absolute atomic E-state index is 0.0628. The molecule has 0 spiro atoms. The van der Waals surface area contributed by atoms with E-state index in [1.54, 1.807) is 17.4 Å². The lowest BCUT2D eigenvalue weighted by Crippen LogP contribution is -2.18. The molecule has 3 nitrogen and oxygen atoms in total. The van der Waals surface area contributed by atoms with Crippen LogP contribution in [0, 0.1) is 0 Å². The van der Waals surface area contributed by atoms with Gasteiger partial charge in [-0.05, 0) is 36.1 Å². The van der Waals surface area contributed by atoms with E-state index in [0.29, 0.717) is 16.6 Å². The Hall–Kier alpha value is -1.07. The molecule has 0 saturated carbocycles. The Balaban J connectivity index is 2.00. The van der Waals surface area contributed by atoms with Gasteiger partial charge in [0.25, 0.3) is 0 Å². The molecule has 0 saturated heterocycles. The Bertz CT molecular complexity index is 642. The van der Waals surface area contributed by atoms with Crippen LogP contribution in [0.3, 0.4) is 0 Å². The van der Waals surface area contributed by atoms with Gasteiger partial charge in [0.1, 0.15) is 0 Å². The number of hydrogen-bond donors (Lipinski definition) is 2. The predicted molar refractivity (Wildman–Crippen MR) is 90.3 cm³/mol. The largest absolute Gasteiger partial charge is 0.325 e. The highest BCUT2D eigenvalue weighted by Crippen LogP contribution is 2.27. The third kappa shape index (κ3) is 4.45. The lowest BCUT2D eigenvalue weighted by molar-refractivity contribution is -0.114. The van der Waals surface area contributed by atoms with Gasteiger partial charge in [-0.25, -0.2) is 0 Å². The van der Waals surface area contributed by atoms with Gasteiger partial charge in [0.05, 0.1) is 15.7 Å². The monoisotopic (exact) mass is 342 g/mol. The van der Waals surface area contributed by atoms with Crippen molar-refractivity contribution in [1.82, 2.24) is 5.32 Å². The Morgan fingerprint density at radius 2 is 2.05 bits per heavy atom. The molecular weight excluding hydrogens is 327 g/mol. The lowest BCUT2D eigenvalue weighted by atomic mass is 10.1. The second kappa shape index (κ2) is 7.27. The number of anilines is 1. The number of carbonyl (C=O) groups excluding carboxylic acids is 1. The zero-order chi connectivity index (χ0) is 15.4. The maximum atomic E-state index is 11.1. The van der Waals surface area contributed by atoms with Crippen LogP contribution in [0.4, 0.5) is 5.69 Å². The standard InChI is InChI=1S/C15H16Cl2N2OS/c1-9(11-3-4-12(16)13(17)7-11)18-8-15-14(5-6-21-15)19-10(2)20/h3-7,9,18H,8H2,1-2H3,(H,19,20). The average Bonchev–Trinajstić information content (AvgIpc) is 2.85. The van der Waals surface area contributed by atoms with Crippen molar-refractivity contribution in [3.63, 3.8) is 0 Å². The Morgan fingerprint density at radius 3 is 2.71 bits per heavy atom. The fraction of sp³-hybridized carbons (Fsp3) is 0.267. The molecular formula is C15H16Cl2N2OS. The third-order valence-corrected chi connectivity index (χ3v) is 4.73. The summed E-state index contributed by atoms with van der Waals surface area (Å²) < 4.78 is 0. The van der Waals surface area contributed by atoms with Crippen LogP contribution in [-0.4, -0.2) is 5.91 Å². The first kappa shape index (κ1) is 16.3. The Labute approximate surface area is 138 Å². The summed E-state index contributed by atoms with van der Waals surface area (Å²) in [5.41, 5.74) is 1.93. The number of nitrogens with one attached hydrogen (secondary N) is 2. The second-order valence-electron chi connectivity index (χ2n) is 4.71. The first-order chi connectivity index (χ1) is 9.97. The molecule has 0 bridgehead atoms. The van der Waals surface area contributed by atoms with Crippen LogP contribution >= 0.6 is 34.5 Å². The van der Waals surface area contributed by atoms with Crippen LogP contribution in [0.15, 0.2) is 29.6 Å². The molecule has 0 radical (unpaired) electrons. The fourth-order valence-corrected chi connectivity index (χ4v) is 3.01. The highest BCUT2D eigenvalue weighted by molar-refractivity contribution is 7.10. The van der Waals surface area contributed by atoms with E-state index in [2.05, 4.69) is 17.6 Å². The smallest absolute Gasteiger partial charge is 0.221 e. The van der Waals surface area contributed by atoms with Crippen molar-refractivity contribution in [3.8, 4) is 0 Å². The van der Waals surface area contributed by atoms with E-state index in [1.165, 1.54) is 6.92 Å². The molecule has 1 aromatic heterocycles. The van der Waals surface area contributed by atoms with Gasteiger partial charge in [0, 0.05) is 24.4 Å². The van der Waals surface area contributed by atoms with Crippen molar-refractivity contribution >= 4 is 46.1 Å². The first-order valence-electron chi connectivity index (χ1n) is 6.49. The normalized spacial score (nSPS) is 12.2. The van der Waals surface area contributed by atoms with Crippen LogP contribution in [-0.2, 0) is 11.3 Å². The lowest BCUT2D eigenvalue weighted by Gasteiger charge is -2.15. The Morgan fingerprint density at radius 1 is 1.29 bits per heavy atom. The molecule has 0 aliphatic rings. The van der Waals surface area contributed by atoms with Gasteiger partial charge in [-0.3, -0.25) is 4.79 Å². The van der Waals surface area contributed by atoms with Gasteiger partial charge in [-0.15, -0.1) is 11.3 Å². The van der Waals surface area contributed by atoms with Gasteiger partial charge >= 0.3 is 0 Å². The summed E-state index contributed by atoms with van der Waals surface area (Å²) >= 11 is 13.6. The van der Waals surface area contributed by atoms with E-state index >= 15 is 0 Å². The molecule has 0 aliphatic heterocycles. The molecule has 1 heterocycles. The molecule has 1 amide bonds. The van der Waals surface area contributed by atoms with Crippen LogP contribution in [0.2, 0.25) is 10.0 Å². The summed E-state index contributed by atoms with van der Waals surface area (Å²) in [6.07, 6.45) is 0. The third-order valence-electron chi connectivity index (χ3n) is 3.07. The number of amides is 1. The summed E-state index contributed by atoms with van der Waals surface area (Å²) in [4.78, 5) is 12.2. The van der Waals surface area contributed by atoms with Crippen molar-refractivity contribution in [2.75, 3.05) is 5.32 Å². The van der Waals surface area contributed by atoms with Gasteiger partial charge < -0.3 is 10.6 Å². The number of benzene rings is 1. The van der Waals surface area contributed by atoms with E-state index in [9.17, 15) is 4.79 Å². The van der Waals surface area contributed by atoms with Crippen molar-refractivity contribution in [1.29, 1.82) is 0 Å². The fourth-order valence-electron chi connectivity index (χ4n) is 1.92. The van der Waals surface area contributed by atoms with Crippen molar-refractivity contribution < 1.29 is 4.79 Å². The van der Waals surface area contributed by atoms with Gasteiger partial charge in [-0.2, -0.15) is 0 Å². The van der Waals surface area contributed by atoms with Crippen molar-refractivity contribution in [3.05, 3.63) is 50.1 Å². The first-order valence-corrected chi connectivity index (χ1v) is 8.13. The molecule has 0 fully saturated rings. The maximum Gasteiger partial charge on any atom is 0.221 e. The summed E-state index contributed by atoms with van der Waals surface area (Å²) in [5, 5.41) is 9.32. The molecule has 1 atom stereocenters. The van der Waals surface area contributed by atoms with Crippen LogP contribution in [0.5, 0.6) is 0 Å². The van der Waals surface area contributed by atoms with Crippen LogP contribution in [0.25, 0.3) is 0 Å². The van der Waals surface area contributed by atoms with Gasteiger partial charge in [-0.1, -0.05) is 29.3 Å². The van der Waals surface area contributed by atoms with Crippen LogP contribution < -0.4 is 10.6 Å². The molecule has 0 aliphatic carbocycles. The summed E-state index contributed by atoms with van der Waals surface area (Å²) in [6.45, 7) is 4.24. The Kier molecular flexibility index (Phi) is 5.65. The predicted octanol–water partition coefficient (Wildman–Crippen LogP) is 4.86. The zero-order valence-electron chi connectivity index (χ0n) is 11.7. The molecule has 1 aromatic carbocycles. The number of thiophene rings is 1. The number of carbonyl (C=O) groups is 1. The van der Waals surface area contributed by atoms with Gasteiger partial charge in [0.15, 0.2) is 0 Å². The summed E-state index contributed by atoms with van der Waals surface area (Å²) in [5.74, 6) is -0.0628. The van der Waals surface area contributed by atoms with Crippen molar-refractivity contribution in [2.45, 2.75) is 26.4 Å². The maximum absolute atomic E-state index is 11.1. The van der Waals surface area contributed by atoms with E-state index in [-0.39, 0.29) is 11.9 Å². The highest BCUT2D eigenvalue weighted by Gasteiger charge is 2.10. The van der Waals surface area contributed by atoms with Gasteiger partial charge in [0.2, 0.25) is 5.91 Å². The average molecular weight is 343 g/mol. The molecule has 112 valence electrons. The number of hydrogen-bond acceptors (Lipinski definition) is 3. The molecule has 21 heavy (non-hydrogen) atoms. The topological polar surface area (TPSA) is 41.1 Å². The van der Waals surface area contributed by atoms with E-state index in [4.69, 9.17) is 23.2 Å². The molecule has 2 aromatic rings. The number of halogens is 2. The quantitative estimate of drug-likeness (QED) is 0.814.